The number of furan rings is 1. The summed E-state index contributed by atoms with van der Waals surface area (Å²) in [6, 6.07) is 8.92. The van der Waals surface area contributed by atoms with Gasteiger partial charge in [0, 0.05) is 10.6 Å². The number of halogens is 1. The molecule has 0 saturated carbocycles. The molecule has 2 aromatic heterocycles. The molecule has 3 rings (SSSR count). The summed E-state index contributed by atoms with van der Waals surface area (Å²) in [5.41, 5.74) is 0.651. The zero-order valence-electron chi connectivity index (χ0n) is 12.4. The van der Waals surface area contributed by atoms with Gasteiger partial charge in [0.15, 0.2) is 6.61 Å². The van der Waals surface area contributed by atoms with E-state index in [0.29, 0.717) is 10.6 Å². The Bertz CT molecular complexity index is 1010. The lowest BCUT2D eigenvalue weighted by Crippen LogP contribution is -2.11. The third-order valence-electron chi connectivity index (χ3n) is 2.95. The van der Waals surface area contributed by atoms with Gasteiger partial charge in [0.05, 0.1) is 0 Å². The fourth-order valence-electron chi connectivity index (χ4n) is 1.80. The molecule has 0 atom stereocenters. The average molecular weight is 384 g/mol. The van der Waals surface area contributed by atoms with Gasteiger partial charge < -0.3 is 13.6 Å². The van der Waals surface area contributed by atoms with Gasteiger partial charge in [-0.05, 0) is 36.4 Å². The lowest BCUT2D eigenvalue weighted by atomic mass is 10.2. The molecule has 3 aromatic rings. The average Bonchev–Trinajstić information content (AvgIpc) is 3.22. The monoisotopic (exact) mass is 383 g/mol. The predicted molar refractivity (Wildman–Crippen MR) is 83.9 cm³/mol. The minimum Gasteiger partial charge on any atom is -0.450 e. The molecule has 130 valence electrons. The van der Waals surface area contributed by atoms with Crippen LogP contribution in [0.4, 0.5) is 0 Å². The smallest absolute Gasteiger partial charge is 0.374 e. The Morgan fingerprint density at radius 2 is 1.84 bits per heavy atom. The van der Waals surface area contributed by atoms with Crippen molar-refractivity contribution < 1.29 is 26.8 Å². The maximum atomic E-state index is 11.8. The van der Waals surface area contributed by atoms with Gasteiger partial charge in [0.1, 0.15) is 0 Å². The van der Waals surface area contributed by atoms with Crippen molar-refractivity contribution in [2.24, 2.45) is 5.14 Å². The first kappa shape index (κ1) is 17.1. The molecule has 0 amide bonds. The first-order valence-corrected chi connectivity index (χ1v) is 8.63. The molecule has 11 heteroatoms. The van der Waals surface area contributed by atoms with Crippen molar-refractivity contribution in [1.29, 1.82) is 0 Å². The van der Waals surface area contributed by atoms with E-state index in [1.54, 1.807) is 24.3 Å². The highest BCUT2D eigenvalue weighted by Crippen LogP contribution is 2.20. The van der Waals surface area contributed by atoms with E-state index in [2.05, 4.69) is 10.2 Å². The number of rotatable bonds is 5. The molecule has 0 aliphatic rings. The van der Waals surface area contributed by atoms with Crippen LogP contribution in [-0.4, -0.2) is 24.6 Å². The van der Waals surface area contributed by atoms with Gasteiger partial charge in [-0.15, -0.1) is 10.2 Å². The molecule has 0 bridgehead atoms. The second kappa shape index (κ2) is 6.67. The number of nitrogens with two attached hydrogens (primary N) is 1. The van der Waals surface area contributed by atoms with E-state index in [1.807, 2.05) is 0 Å². The quantitative estimate of drug-likeness (QED) is 0.660. The summed E-state index contributed by atoms with van der Waals surface area (Å²) < 4.78 is 37.3. The Balaban J connectivity index is 1.65. The maximum Gasteiger partial charge on any atom is 0.374 e. The molecule has 25 heavy (non-hydrogen) atoms. The fraction of sp³-hybridized carbons (Fsp3) is 0.0714. The first-order chi connectivity index (χ1) is 11.8. The summed E-state index contributed by atoms with van der Waals surface area (Å²) >= 11 is 5.80. The Morgan fingerprint density at radius 1 is 1.12 bits per heavy atom. The third kappa shape index (κ3) is 4.05. The summed E-state index contributed by atoms with van der Waals surface area (Å²) in [5.74, 6) is -0.934. The topological polar surface area (TPSA) is 139 Å². The van der Waals surface area contributed by atoms with Gasteiger partial charge in [-0.25, -0.2) is 18.4 Å². The van der Waals surface area contributed by atoms with E-state index in [0.717, 1.165) is 12.1 Å². The summed E-state index contributed by atoms with van der Waals surface area (Å²) in [6.45, 7) is -0.315. The molecule has 9 nitrogen and oxygen atoms in total. The molecular weight excluding hydrogens is 374 g/mol. The van der Waals surface area contributed by atoms with E-state index in [9.17, 15) is 13.2 Å². The Morgan fingerprint density at radius 3 is 2.48 bits per heavy atom. The van der Waals surface area contributed by atoms with Crippen molar-refractivity contribution in [3.8, 4) is 11.5 Å². The minimum atomic E-state index is -4.04. The largest absolute Gasteiger partial charge is 0.450 e. The van der Waals surface area contributed by atoms with Crippen LogP contribution in [-0.2, 0) is 21.4 Å². The molecule has 2 N–H and O–H groups in total. The lowest BCUT2D eigenvalue weighted by molar-refractivity contribution is 0.0396. The van der Waals surface area contributed by atoms with Crippen molar-refractivity contribution in [3.05, 3.63) is 53.1 Å². The number of carbonyl (C=O) groups excluding carboxylic acids is 1. The van der Waals surface area contributed by atoms with Crippen LogP contribution in [0.5, 0.6) is 0 Å². The predicted octanol–water partition coefficient (Wildman–Crippen LogP) is 1.99. The number of hydrogen-bond acceptors (Lipinski definition) is 8. The maximum absolute atomic E-state index is 11.8. The van der Waals surface area contributed by atoms with Crippen LogP contribution in [0.3, 0.4) is 0 Å². The van der Waals surface area contributed by atoms with Crippen molar-refractivity contribution in [2.75, 3.05) is 0 Å². The van der Waals surface area contributed by atoms with Crippen molar-refractivity contribution in [1.82, 2.24) is 10.2 Å². The van der Waals surface area contributed by atoms with Crippen LogP contribution in [0.2, 0.25) is 5.02 Å². The molecule has 0 aliphatic heterocycles. The van der Waals surface area contributed by atoms with Gasteiger partial charge in [0.25, 0.3) is 15.9 Å². The number of ether oxygens (including phenoxy) is 1. The number of sulfonamides is 1. The highest BCUT2D eigenvalue weighted by atomic mass is 35.5. The van der Waals surface area contributed by atoms with Gasteiger partial charge in [-0.2, -0.15) is 0 Å². The van der Waals surface area contributed by atoms with Crippen molar-refractivity contribution >= 4 is 27.6 Å². The number of primary sulfonamides is 1. The third-order valence-corrected chi connectivity index (χ3v) is 3.98. The zero-order chi connectivity index (χ0) is 18.0. The van der Waals surface area contributed by atoms with E-state index < -0.39 is 21.1 Å². The van der Waals surface area contributed by atoms with Crippen LogP contribution in [0.25, 0.3) is 11.5 Å². The highest BCUT2D eigenvalue weighted by molar-refractivity contribution is 7.89. The van der Waals surface area contributed by atoms with Crippen molar-refractivity contribution in [2.45, 2.75) is 11.7 Å². The Labute approximate surface area is 146 Å². The van der Waals surface area contributed by atoms with Gasteiger partial charge >= 0.3 is 5.97 Å². The highest BCUT2D eigenvalue weighted by Gasteiger charge is 2.19. The standard InChI is InChI=1S/C14H10ClN3O6S/c15-9-3-1-8(2-4-9)13-18-17-11(24-13)7-22-14(19)10-5-6-12(23-10)25(16,20)21/h1-6H,7H2,(H2,16,20,21). The number of aromatic nitrogens is 2. The molecular formula is C14H10ClN3O6S. The van der Waals surface area contributed by atoms with Gasteiger partial charge in [-0.3, -0.25) is 0 Å². The number of benzene rings is 1. The van der Waals surface area contributed by atoms with Crippen LogP contribution in [0.15, 0.2) is 50.3 Å². The lowest BCUT2D eigenvalue weighted by Gasteiger charge is -1.99. The molecule has 2 heterocycles. The SMILES string of the molecule is NS(=O)(=O)c1ccc(C(=O)OCc2nnc(-c3ccc(Cl)cc3)o2)o1. The second-order valence-corrected chi connectivity index (χ2v) is 6.68. The van der Waals surface area contributed by atoms with Crippen LogP contribution >= 0.6 is 11.6 Å². The number of nitrogens with zero attached hydrogens (tertiary/aromatic N) is 2. The Kier molecular flexibility index (Phi) is 4.57. The van der Waals surface area contributed by atoms with Gasteiger partial charge in [0.2, 0.25) is 16.7 Å². The number of hydrogen-bond donors (Lipinski definition) is 1. The van der Waals surface area contributed by atoms with E-state index in [4.69, 9.17) is 30.3 Å². The Hall–Kier alpha value is -2.69. The molecule has 0 unspecified atom stereocenters. The van der Waals surface area contributed by atoms with Crippen LogP contribution < -0.4 is 5.14 Å². The summed E-state index contributed by atoms with van der Waals surface area (Å²) in [4.78, 5) is 11.8. The normalized spacial score (nSPS) is 11.4. The summed E-state index contributed by atoms with van der Waals surface area (Å²) in [7, 11) is -4.04. The van der Waals surface area contributed by atoms with Gasteiger partial charge in [-0.1, -0.05) is 11.6 Å². The number of carbonyl (C=O) groups is 1. The summed E-state index contributed by atoms with van der Waals surface area (Å²) in [6.07, 6.45) is 0. The number of esters is 1. The molecule has 1 aromatic carbocycles. The molecule has 0 saturated heterocycles. The van der Waals surface area contributed by atoms with E-state index >= 15 is 0 Å². The summed E-state index contributed by atoms with van der Waals surface area (Å²) in [5, 5.41) is 12.5. The van der Waals surface area contributed by atoms with Crippen molar-refractivity contribution in [3.63, 3.8) is 0 Å². The molecule has 0 fully saturated rings. The first-order valence-electron chi connectivity index (χ1n) is 6.71. The second-order valence-electron chi connectivity index (χ2n) is 4.75. The zero-order valence-corrected chi connectivity index (χ0v) is 14.0. The van der Waals surface area contributed by atoms with E-state index in [1.165, 1.54) is 0 Å². The molecule has 0 aliphatic carbocycles. The van der Waals surface area contributed by atoms with Crippen LogP contribution in [0, 0.1) is 0 Å². The fourth-order valence-corrected chi connectivity index (χ4v) is 2.39. The molecule has 0 spiro atoms. The van der Waals surface area contributed by atoms with E-state index in [-0.39, 0.29) is 24.1 Å². The minimum absolute atomic E-state index is 0.0523. The molecule has 0 radical (unpaired) electrons. The van der Waals surface area contributed by atoms with Crippen LogP contribution in [0.1, 0.15) is 16.4 Å².